The second-order valence-electron chi connectivity index (χ2n) is 6.55. The molecule has 0 aromatic carbocycles. The zero-order valence-corrected chi connectivity index (χ0v) is 12.7. The highest BCUT2D eigenvalue weighted by atomic mass is 14.9. The molecule has 0 saturated heterocycles. The summed E-state index contributed by atoms with van der Waals surface area (Å²) < 4.78 is 0. The van der Waals surface area contributed by atoms with Crippen molar-refractivity contribution >= 4 is 0 Å². The van der Waals surface area contributed by atoms with E-state index in [-0.39, 0.29) is 0 Å². The number of aromatic nitrogens is 1. The van der Waals surface area contributed by atoms with Crippen LogP contribution in [-0.4, -0.2) is 11.0 Å². The van der Waals surface area contributed by atoms with E-state index in [2.05, 4.69) is 36.3 Å². The molecule has 1 N–H and O–H groups in total. The summed E-state index contributed by atoms with van der Waals surface area (Å²) in [6.45, 7) is 7.69. The van der Waals surface area contributed by atoms with Crippen LogP contribution in [0.15, 0.2) is 18.3 Å². The van der Waals surface area contributed by atoms with Crippen LogP contribution in [0.25, 0.3) is 0 Å². The van der Waals surface area contributed by atoms with E-state index in [1.54, 1.807) is 0 Å². The number of nitrogens with one attached hydrogen (secondary N) is 1. The molecule has 1 aromatic heterocycles. The molecule has 0 bridgehead atoms. The first kappa shape index (κ1) is 14.5. The number of pyridine rings is 1. The Bertz CT molecular complexity index is 369. The lowest BCUT2D eigenvalue weighted by atomic mass is 9.81. The van der Waals surface area contributed by atoms with Crippen LogP contribution in [-0.2, 0) is 6.54 Å². The number of hydrogen-bond acceptors (Lipinski definition) is 2. The molecule has 2 nitrogen and oxygen atoms in total. The molecule has 1 saturated carbocycles. The Kier molecular flexibility index (Phi) is 5.38. The van der Waals surface area contributed by atoms with Crippen molar-refractivity contribution < 1.29 is 0 Å². The van der Waals surface area contributed by atoms with E-state index in [0.717, 1.165) is 24.1 Å². The van der Waals surface area contributed by atoms with Crippen LogP contribution >= 0.6 is 0 Å². The molecule has 2 heteroatoms. The molecule has 1 heterocycles. The third-order valence-corrected chi connectivity index (χ3v) is 4.16. The van der Waals surface area contributed by atoms with Crippen LogP contribution in [0.1, 0.15) is 57.2 Å². The lowest BCUT2D eigenvalue weighted by Crippen LogP contribution is -2.34. The van der Waals surface area contributed by atoms with Gasteiger partial charge in [-0.25, -0.2) is 0 Å². The molecule has 0 radical (unpaired) electrons. The number of hydrogen-bond donors (Lipinski definition) is 1. The number of nitrogens with zero attached hydrogens (tertiary/aromatic N) is 1. The van der Waals surface area contributed by atoms with Crippen LogP contribution in [0.3, 0.4) is 0 Å². The fourth-order valence-corrected chi connectivity index (χ4v) is 3.22. The second kappa shape index (κ2) is 7.04. The Morgan fingerprint density at radius 1 is 1.32 bits per heavy atom. The fraction of sp³-hybridized carbons (Fsp3) is 0.706. The Labute approximate surface area is 118 Å². The zero-order chi connectivity index (χ0) is 13.7. The monoisotopic (exact) mass is 260 g/mol. The predicted molar refractivity (Wildman–Crippen MR) is 81.0 cm³/mol. The van der Waals surface area contributed by atoms with Crippen molar-refractivity contribution in [3.8, 4) is 0 Å². The van der Waals surface area contributed by atoms with Gasteiger partial charge in [-0.2, -0.15) is 0 Å². The number of rotatable bonds is 5. The van der Waals surface area contributed by atoms with Gasteiger partial charge in [0, 0.05) is 24.5 Å². The number of aryl methyl sites for hydroxylation is 1. The van der Waals surface area contributed by atoms with Gasteiger partial charge in [0.2, 0.25) is 0 Å². The van der Waals surface area contributed by atoms with Crippen LogP contribution in [0.4, 0.5) is 0 Å². The maximum absolute atomic E-state index is 4.36. The molecule has 2 rings (SSSR count). The minimum atomic E-state index is 0.707. The van der Waals surface area contributed by atoms with Crippen LogP contribution in [0.5, 0.6) is 0 Å². The molecule has 2 atom stereocenters. The molecule has 0 spiro atoms. The summed E-state index contributed by atoms with van der Waals surface area (Å²) in [4.78, 5) is 4.36. The highest BCUT2D eigenvalue weighted by Gasteiger charge is 2.22. The third kappa shape index (κ3) is 4.94. The van der Waals surface area contributed by atoms with Gasteiger partial charge in [-0.15, -0.1) is 0 Å². The molecule has 19 heavy (non-hydrogen) atoms. The van der Waals surface area contributed by atoms with Gasteiger partial charge in [-0.3, -0.25) is 4.98 Å². The fourth-order valence-electron chi connectivity index (χ4n) is 3.22. The first-order valence-corrected chi connectivity index (χ1v) is 7.78. The molecular formula is C17H28N2. The standard InChI is InChI=1S/C17H28N2/c1-13(2)9-15-5-4-6-17(10-15)19-12-16-8-7-14(3)18-11-16/h7-8,11,13,15,17,19H,4-6,9-10,12H2,1-3H3. The minimum Gasteiger partial charge on any atom is -0.310 e. The van der Waals surface area contributed by atoms with Gasteiger partial charge in [0.25, 0.3) is 0 Å². The molecular weight excluding hydrogens is 232 g/mol. The minimum absolute atomic E-state index is 0.707. The Hall–Kier alpha value is -0.890. The average Bonchev–Trinajstić information content (AvgIpc) is 2.38. The molecule has 2 unspecified atom stereocenters. The summed E-state index contributed by atoms with van der Waals surface area (Å²) in [6, 6.07) is 4.99. The summed E-state index contributed by atoms with van der Waals surface area (Å²) in [5.74, 6) is 1.77. The highest BCUT2D eigenvalue weighted by molar-refractivity contribution is 5.12. The van der Waals surface area contributed by atoms with Crippen LogP contribution < -0.4 is 5.32 Å². The van der Waals surface area contributed by atoms with Crippen molar-refractivity contribution in [3.05, 3.63) is 29.6 Å². The average molecular weight is 260 g/mol. The SMILES string of the molecule is Cc1ccc(CNC2CCCC(CC(C)C)C2)cn1. The predicted octanol–water partition coefficient (Wildman–Crippen LogP) is 4.08. The first-order chi connectivity index (χ1) is 9.13. The largest absolute Gasteiger partial charge is 0.310 e. The maximum atomic E-state index is 4.36. The summed E-state index contributed by atoms with van der Waals surface area (Å²) in [5.41, 5.74) is 2.40. The van der Waals surface area contributed by atoms with Crippen molar-refractivity contribution in [2.45, 2.75) is 65.5 Å². The van der Waals surface area contributed by atoms with E-state index in [1.165, 1.54) is 37.7 Å². The topological polar surface area (TPSA) is 24.9 Å². The lowest BCUT2D eigenvalue weighted by Gasteiger charge is -2.31. The van der Waals surface area contributed by atoms with Crippen molar-refractivity contribution in [1.29, 1.82) is 0 Å². The highest BCUT2D eigenvalue weighted by Crippen LogP contribution is 2.29. The van der Waals surface area contributed by atoms with Gasteiger partial charge < -0.3 is 5.32 Å². The van der Waals surface area contributed by atoms with Crippen molar-refractivity contribution in [3.63, 3.8) is 0 Å². The molecule has 0 aliphatic heterocycles. The van der Waals surface area contributed by atoms with E-state index < -0.39 is 0 Å². The Morgan fingerprint density at radius 3 is 2.84 bits per heavy atom. The van der Waals surface area contributed by atoms with Gasteiger partial charge in [-0.05, 0) is 49.7 Å². The molecule has 0 amide bonds. The lowest BCUT2D eigenvalue weighted by molar-refractivity contribution is 0.252. The van der Waals surface area contributed by atoms with E-state index in [0.29, 0.717) is 6.04 Å². The molecule has 106 valence electrons. The summed E-state index contributed by atoms with van der Waals surface area (Å²) in [6.07, 6.45) is 8.91. The zero-order valence-electron chi connectivity index (χ0n) is 12.7. The first-order valence-electron chi connectivity index (χ1n) is 7.78. The second-order valence-corrected chi connectivity index (χ2v) is 6.55. The van der Waals surface area contributed by atoms with Gasteiger partial charge >= 0.3 is 0 Å². The van der Waals surface area contributed by atoms with Gasteiger partial charge in [-0.1, -0.05) is 32.8 Å². The quantitative estimate of drug-likeness (QED) is 0.862. The summed E-state index contributed by atoms with van der Waals surface area (Å²) in [7, 11) is 0. The van der Waals surface area contributed by atoms with E-state index >= 15 is 0 Å². The van der Waals surface area contributed by atoms with E-state index in [1.807, 2.05) is 13.1 Å². The van der Waals surface area contributed by atoms with Crippen LogP contribution in [0, 0.1) is 18.8 Å². The Morgan fingerprint density at radius 2 is 2.16 bits per heavy atom. The van der Waals surface area contributed by atoms with Gasteiger partial charge in [0.15, 0.2) is 0 Å². The van der Waals surface area contributed by atoms with Gasteiger partial charge in [0.1, 0.15) is 0 Å². The van der Waals surface area contributed by atoms with E-state index in [4.69, 9.17) is 0 Å². The third-order valence-electron chi connectivity index (χ3n) is 4.16. The molecule has 1 fully saturated rings. The molecule has 1 aliphatic rings. The van der Waals surface area contributed by atoms with Crippen molar-refractivity contribution in [2.75, 3.05) is 0 Å². The molecule has 1 aromatic rings. The summed E-state index contributed by atoms with van der Waals surface area (Å²) in [5, 5.41) is 3.72. The maximum Gasteiger partial charge on any atom is 0.0372 e. The summed E-state index contributed by atoms with van der Waals surface area (Å²) >= 11 is 0. The smallest absolute Gasteiger partial charge is 0.0372 e. The van der Waals surface area contributed by atoms with Crippen LogP contribution in [0.2, 0.25) is 0 Å². The van der Waals surface area contributed by atoms with E-state index in [9.17, 15) is 0 Å². The van der Waals surface area contributed by atoms with Crippen molar-refractivity contribution in [1.82, 2.24) is 10.3 Å². The normalized spacial score (nSPS) is 23.8. The molecule has 1 aliphatic carbocycles. The van der Waals surface area contributed by atoms with Gasteiger partial charge in [0.05, 0.1) is 0 Å². The Balaban J connectivity index is 1.77. The van der Waals surface area contributed by atoms with Crippen molar-refractivity contribution in [2.24, 2.45) is 11.8 Å².